The van der Waals surface area contributed by atoms with Crippen molar-refractivity contribution in [2.24, 2.45) is 0 Å². The highest BCUT2D eigenvalue weighted by atomic mass is 16.2. The van der Waals surface area contributed by atoms with Crippen LogP contribution in [-0.4, -0.2) is 59.0 Å². The molecule has 1 N–H and O–H groups in total. The molecule has 5 heteroatoms. The van der Waals surface area contributed by atoms with E-state index < -0.39 is 0 Å². The third-order valence-electron chi connectivity index (χ3n) is 4.37. The van der Waals surface area contributed by atoms with Crippen molar-refractivity contribution >= 4 is 5.91 Å². The molecule has 0 spiro atoms. The van der Waals surface area contributed by atoms with Gasteiger partial charge in [-0.25, -0.2) is 0 Å². The van der Waals surface area contributed by atoms with Gasteiger partial charge in [0.1, 0.15) is 0 Å². The summed E-state index contributed by atoms with van der Waals surface area (Å²) >= 11 is 0. The highest BCUT2D eigenvalue weighted by Crippen LogP contribution is 2.19. The van der Waals surface area contributed by atoms with E-state index in [1.54, 1.807) is 0 Å². The lowest BCUT2D eigenvalue weighted by molar-refractivity contribution is -0.126. The van der Waals surface area contributed by atoms with Crippen molar-refractivity contribution in [3.63, 3.8) is 0 Å². The fourth-order valence-electron chi connectivity index (χ4n) is 2.74. The summed E-state index contributed by atoms with van der Waals surface area (Å²) in [5.74, 6) is 0.190. The SMILES string of the molecule is CC(C(=O)NC1CC1)N1CCN(Cc2ccccn2)CC1. The lowest BCUT2D eigenvalue weighted by Crippen LogP contribution is -2.53. The Morgan fingerprint density at radius 2 is 2.10 bits per heavy atom. The molecule has 1 aliphatic heterocycles. The van der Waals surface area contributed by atoms with Crippen LogP contribution in [0.1, 0.15) is 25.5 Å². The Labute approximate surface area is 126 Å². The van der Waals surface area contributed by atoms with E-state index in [4.69, 9.17) is 0 Å². The van der Waals surface area contributed by atoms with Gasteiger partial charge < -0.3 is 5.32 Å². The number of nitrogens with one attached hydrogen (secondary N) is 1. The van der Waals surface area contributed by atoms with Gasteiger partial charge in [0.2, 0.25) is 5.91 Å². The van der Waals surface area contributed by atoms with Gasteiger partial charge in [0.05, 0.1) is 11.7 Å². The molecule has 2 aliphatic rings. The number of carbonyl (C=O) groups excluding carboxylic acids is 1. The first kappa shape index (κ1) is 14.5. The van der Waals surface area contributed by atoms with Crippen molar-refractivity contribution in [2.75, 3.05) is 26.2 Å². The molecule has 1 aromatic rings. The molecule has 1 atom stereocenters. The van der Waals surface area contributed by atoms with E-state index in [9.17, 15) is 4.79 Å². The summed E-state index contributed by atoms with van der Waals surface area (Å²) in [4.78, 5) is 21.2. The van der Waals surface area contributed by atoms with Gasteiger partial charge in [0, 0.05) is 45.0 Å². The average Bonchev–Trinajstić information content (AvgIpc) is 3.32. The van der Waals surface area contributed by atoms with Crippen molar-refractivity contribution in [3.8, 4) is 0 Å². The summed E-state index contributed by atoms with van der Waals surface area (Å²) < 4.78 is 0. The third kappa shape index (κ3) is 4.02. The lowest BCUT2D eigenvalue weighted by atomic mass is 10.2. The Hall–Kier alpha value is -1.46. The summed E-state index contributed by atoms with van der Waals surface area (Å²) in [5, 5.41) is 3.10. The molecule has 1 aromatic heterocycles. The molecule has 1 unspecified atom stereocenters. The van der Waals surface area contributed by atoms with Crippen LogP contribution in [0.3, 0.4) is 0 Å². The predicted molar refractivity (Wildman–Crippen MR) is 81.7 cm³/mol. The van der Waals surface area contributed by atoms with Crippen LogP contribution in [0, 0.1) is 0 Å². The van der Waals surface area contributed by atoms with Crippen molar-refractivity contribution < 1.29 is 4.79 Å². The van der Waals surface area contributed by atoms with Crippen molar-refractivity contribution in [1.29, 1.82) is 0 Å². The standard InChI is InChI=1S/C16H24N4O/c1-13(16(21)18-14-5-6-14)20-10-8-19(9-11-20)12-15-4-2-3-7-17-15/h2-4,7,13-14H,5-6,8-12H2,1H3,(H,18,21). The molecule has 1 amide bonds. The second-order valence-electron chi connectivity index (χ2n) is 6.09. The number of amides is 1. The number of nitrogens with zero attached hydrogens (tertiary/aromatic N) is 3. The molecule has 1 saturated carbocycles. The summed E-state index contributed by atoms with van der Waals surface area (Å²) in [5.41, 5.74) is 1.12. The molecule has 1 saturated heterocycles. The van der Waals surface area contributed by atoms with E-state index in [0.717, 1.165) is 51.3 Å². The molecule has 0 radical (unpaired) electrons. The van der Waals surface area contributed by atoms with E-state index in [1.807, 2.05) is 25.3 Å². The Kier molecular flexibility index (Phi) is 4.51. The van der Waals surface area contributed by atoms with E-state index in [-0.39, 0.29) is 11.9 Å². The minimum absolute atomic E-state index is 0.0115. The van der Waals surface area contributed by atoms with Gasteiger partial charge in [-0.15, -0.1) is 0 Å². The maximum Gasteiger partial charge on any atom is 0.237 e. The first-order valence-corrected chi connectivity index (χ1v) is 7.89. The second-order valence-corrected chi connectivity index (χ2v) is 6.09. The number of hydrogen-bond donors (Lipinski definition) is 1. The van der Waals surface area contributed by atoms with E-state index in [0.29, 0.717) is 6.04 Å². The Bertz CT molecular complexity index is 466. The quantitative estimate of drug-likeness (QED) is 0.873. The van der Waals surface area contributed by atoms with Crippen LogP contribution in [0.4, 0.5) is 0 Å². The van der Waals surface area contributed by atoms with Crippen molar-refractivity contribution in [2.45, 2.75) is 38.4 Å². The Morgan fingerprint density at radius 1 is 1.33 bits per heavy atom. The first-order valence-electron chi connectivity index (χ1n) is 7.89. The van der Waals surface area contributed by atoms with Gasteiger partial charge in [-0.05, 0) is 31.9 Å². The first-order chi connectivity index (χ1) is 10.2. The zero-order chi connectivity index (χ0) is 14.7. The number of carbonyl (C=O) groups is 1. The Morgan fingerprint density at radius 3 is 2.71 bits per heavy atom. The molecule has 5 nitrogen and oxygen atoms in total. The molecular weight excluding hydrogens is 264 g/mol. The third-order valence-corrected chi connectivity index (χ3v) is 4.37. The number of aromatic nitrogens is 1. The monoisotopic (exact) mass is 288 g/mol. The maximum atomic E-state index is 12.1. The molecule has 114 valence electrons. The van der Waals surface area contributed by atoms with E-state index in [1.165, 1.54) is 0 Å². The molecular formula is C16H24N4O. The molecule has 3 rings (SSSR count). The molecule has 1 aliphatic carbocycles. The summed E-state index contributed by atoms with van der Waals surface area (Å²) in [6.45, 7) is 6.82. The molecule has 0 bridgehead atoms. The van der Waals surface area contributed by atoms with Crippen molar-refractivity contribution in [3.05, 3.63) is 30.1 Å². The van der Waals surface area contributed by atoms with Gasteiger partial charge >= 0.3 is 0 Å². The van der Waals surface area contributed by atoms with Crippen LogP contribution in [0.15, 0.2) is 24.4 Å². The zero-order valence-electron chi connectivity index (χ0n) is 12.7. The fraction of sp³-hybridized carbons (Fsp3) is 0.625. The number of piperazine rings is 1. The average molecular weight is 288 g/mol. The van der Waals surface area contributed by atoms with Crippen LogP contribution < -0.4 is 5.32 Å². The van der Waals surface area contributed by atoms with Crippen LogP contribution in [-0.2, 0) is 11.3 Å². The minimum atomic E-state index is -0.0115. The maximum absolute atomic E-state index is 12.1. The highest BCUT2D eigenvalue weighted by molar-refractivity contribution is 5.81. The summed E-state index contributed by atoms with van der Waals surface area (Å²) in [6.07, 6.45) is 4.14. The second kappa shape index (κ2) is 6.54. The number of rotatable bonds is 5. The number of pyridine rings is 1. The topological polar surface area (TPSA) is 48.5 Å². The molecule has 21 heavy (non-hydrogen) atoms. The van der Waals surface area contributed by atoms with Gasteiger partial charge in [-0.1, -0.05) is 6.07 Å². The van der Waals surface area contributed by atoms with Gasteiger partial charge in [0.15, 0.2) is 0 Å². The van der Waals surface area contributed by atoms with Crippen LogP contribution in [0.25, 0.3) is 0 Å². The van der Waals surface area contributed by atoms with Gasteiger partial charge in [-0.3, -0.25) is 19.6 Å². The lowest BCUT2D eigenvalue weighted by Gasteiger charge is -2.37. The molecule has 2 heterocycles. The largest absolute Gasteiger partial charge is 0.352 e. The smallest absolute Gasteiger partial charge is 0.237 e. The van der Waals surface area contributed by atoms with Crippen LogP contribution in [0.2, 0.25) is 0 Å². The van der Waals surface area contributed by atoms with E-state index >= 15 is 0 Å². The van der Waals surface area contributed by atoms with Gasteiger partial charge in [0.25, 0.3) is 0 Å². The fourth-order valence-corrected chi connectivity index (χ4v) is 2.74. The van der Waals surface area contributed by atoms with Crippen LogP contribution in [0.5, 0.6) is 0 Å². The van der Waals surface area contributed by atoms with Gasteiger partial charge in [-0.2, -0.15) is 0 Å². The summed E-state index contributed by atoms with van der Waals surface area (Å²) in [6, 6.07) is 6.48. The van der Waals surface area contributed by atoms with E-state index in [2.05, 4.69) is 26.2 Å². The normalized spacial score (nSPS) is 22.0. The summed E-state index contributed by atoms with van der Waals surface area (Å²) in [7, 11) is 0. The van der Waals surface area contributed by atoms with Crippen LogP contribution >= 0.6 is 0 Å². The minimum Gasteiger partial charge on any atom is -0.352 e. The number of hydrogen-bond acceptors (Lipinski definition) is 4. The van der Waals surface area contributed by atoms with Crippen molar-refractivity contribution in [1.82, 2.24) is 20.1 Å². The molecule has 0 aromatic carbocycles. The highest BCUT2D eigenvalue weighted by Gasteiger charge is 2.29. The Balaban J connectivity index is 1.44. The predicted octanol–water partition coefficient (Wildman–Crippen LogP) is 0.866. The zero-order valence-corrected chi connectivity index (χ0v) is 12.7. The molecule has 2 fully saturated rings.